The normalized spacial score (nSPS) is 15.0. The monoisotopic (exact) mass is 680 g/mol. The lowest BCUT2D eigenvalue weighted by molar-refractivity contribution is -0.139. The molecule has 0 aliphatic carbocycles. The Morgan fingerprint density at radius 1 is 1.05 bits per heavy atom. The molecule has 4 aromatic rings. The molecule has 40 heavy (non-hydrogen) atoms. The van der Waals surface area contributed by atoms with Crippen molar-refractivity contribution < 1.29 is 14.3 Å². The number of carbonyl (C=O) groups is 1. The van der Waals surface area contributed by atoms with Crippen LogP contribution in [0.25, 0.3) is 6.08 Å². The second-order valence-corrected chi connectivity index (χ2v) is 12.1. The molecule has 204 valence electrons. The number of nitrogens with zero attached hydrogens (tertiary/aromatic N) is 2. The molecule has 0 radical (unpaired) electrons. The van der Waals surface area contributed by atoms with Crippen LogP contribution in [-0.2, 0) is 16.1 Å². The molecule has 0 unspecified atom stereocenters. The fourth-order valence-electron chi connectivity index (χ4n) is 4.47. The third kappa shape index (κ3) is 5.92. The number of hydrogen-bond donors (Lipinski definition) is 0. The van der Waals surface area contributed by atoms with Crippen molar-refractivity contribution >= 4 is 55.2 Å². The quantitative estimate of drug-likeness (QED) is 0.218. The first-order chi connectivity index (χ1) is 19.2. The molecule has 3 aromatic carbocycles. The lowest BCUT2D eigenvalue weighted by Crippen LogP contribution is -2.39. The van der Waals surface area contributed by atoms with Crippen LogP contribution in [0.15, 0.2) is 96.7 Å². The molecule has 0 N–H and O–H groups in total. The average molecular weight is 682 g/mol. The van der Waals surface area contributed by atoms with E-state index in [1.165, 1.54) is 11.3 Å². The highest BCUT2D eigenvalue weighted by molar-refractivity contribution is 9.10. The summed E-state index contributed by atoms with van der Waals surface area (Å²) >= 11 is 8.35. The first-order valence-corrected chi connectivity index (χ1v) is 15.1. The van der Waals surface area contributed by atoms with E-state index in [1.807, 2.05) is 79.7 Å². The van der Waals surface area contributed by atoms with E-state index in [0.717, 1.165) is 31.2 Å². The van der Waals surface area contributed by atoms with Crippen molar-refractivity contribution in [2.24, 2.45) is 4.99 Å². The number of aromatic nitrogens is 1. The molecule has 2 heterocycles. The lowest BCUT2D eigenvalue weighted by atomic mass is 9.95. The van der Waals surface area contributed by atoms with E-state index in [1.54, 1.807) is 18.4 Å². The van der Waals surface area contributed by atoms with Crippen molar-refractivity contribution in [1.82, 2.24) is 4.57 Å². The van der Waals surface area contributed by atoms with Crippen LogP contribution < -0.4 is 19.6 Å². The van der Waals surface area contributed by atoms with Crippen LogP contribution in [-0.4, -0.2) is 17.1 Å². The fourth-order valence-corrected chi connectivity index (χ4v) is 6.29. The number of hydrogen-bond acceptors (Lipinski definition) is 6. The molecule has 1 atom stereocenters. The number of aryl methyl sites for hydroxylation is 1. The second kappa shape index (κ2) is 12.1. The summed E-state index contributed by atoms with van der Waals surface area (Å²) in [5.74, 6) is 0.238. The summed E-state index contributed by atoms with van der Waals surface area (Å²) in [5.41, 5.74) is 4.51. The predicted molar refractivity (Wildman–Crippen MR) is 164 cm³/mol. The number of benzene rings is 3. The second-order valence-electron chi connectivity index (χ2n) is 9.32. The largest absolute Gasteiger partial charge is 0.488 e. The SMILES string of the molecule is CCOC(=O)C1=C(C)N=c2s/c(=C/c3ccc(OCc4ccc(Br)cc4)c(Br)c3)c(=O)n2[C@H]1c1ccc(C)cc1. The van der Waals surface area contributed by atoms with Crippen LogP contribution in [0.5, 0.6) is 5.75 Å². The van der Waals surface area contributed by atoms with Gasteiger partial charge in [-0.1, -0.05) is 75.3 Å². The summed E-state index contributed by atoms with van der Waals surface area (Å²) in [6, 6.07) is 20.9. The maximum absolute atomic E-state index is 13.8. The van der Waals surface area contributed by atoms with Gasteiger partial charge in [-0.15, -0.1) is 0 Å². The van der Waals surface area contributed by atoms with Gasteiger partial charge >= 0.3 is 5.97 Å². The van der Waals surface area contributed by atoms with Crippen LogP contribution in [0.3, 0.4) is 0 Å². The van der Waals surface area contributed by atoms with E-state index >= 15 is 0 Å². The van der Waals surface area contributed by atoms with Gasteiger partial charge in [0.25, 0.3) is 5.56 Å². The first kappa shape index (κ1) is 28.3. The molecule has 0 amide bonds. The molecule has 0 saturated carbocycles. The van der Waals surface area contributed by atoms with E-state index < -0.39 is 12.0 Å². The van der Waals surface area contributed by atoms with Crippen LogP contribution in [0.4, 0.5) is 0 Å². The zero-order chi connectivity index (χ0) is 28.4. The van der Waals surface area contributed by atoms with E-state index in [4.69, 9.17) is 9.47 Å². The van der Waals surface area contributed by atoms with E-state index in [0.29, 0.717) is 33.0 Å². The topological polar surface area (TPSA) is 69.9 Å². The van der Waals surface area contributed by atoms with Gasteiger partial charge in [-0.3, -0.25) is 9.36 Å². The van der Waals surface area contributed by atoms with Crippen molar-refractivity contribution in [3.8, 4) is 5.75 Å². The van der Waals surface area contributed by atoms with E-state index in [2.05, 4.69) is 36.9 Å². The Morgan fingerprint density at radius 2 is 1.77 bits per heavy atom. The average Bonchev–Trinajstić information content (AvgIpc) is 3.23. The summed E-state index contributed by atoms with van der Waals surface area (Å²) in [7, 11) is 0. The van der Waals surface area contributed by atoms with Crippen LogP contribution in [0, 0.1) is 6.92 Å². The number of carbonyl (C=O) groups excluding carboxylic acids is 1. The van der Waals surface area contributed by atoms with Gasteiger partial charge in [0.2, 0.25) is 0 Å². The van der Waals surface area contributed by atoms with Crippen LogP contribution in [0.1, 0.15) is 42.1 Å². The minimum atomic E-state index is -0.626. The highest BCUT2D eigenvalue weighted by Gasteiger charge is 2.33. The Balaban J connectivity index is 1.51. The van der Waals surface area contributed by atoms with Gasteiger partial charge in [0.15, 0.2) is 4.80 Å². The highest BCUT2D eigenvalue weighted by Crippen LogP contribution is 2.31. The van der Waals surface area contributed by atoms with Crippen LogP contribution in [0.2, 0.25) is 0 Å². The third-order valence-electron chi connectivity index (χ3n) is 6.47. The van der Waals surface area contributed by atoms with Gasteiger partial charge in [0, 0.05) is 4.47 Å². The Morgan fingerprint density at radius 3 is 2.45 bits per heavy atom. The Bertz CT molecular complexity index is 1790. The number of rotatable bonds is 7. The predicted octanol–water partition coefficient (Wildman–Crippen LogP) is 6.21. The van der Waals surface area contributed by atoms with Crippen molar-refractivity contribution in [2.75, 3.05) is 6.61 Å². The Hall–Kier alpha value is -3.27. The highest BCUT2D eigenvalue weighted by atomic mass is 79.9. The van der Waals surface area contributed by atoms with Crippen molar-refractivity contribution in [1.29, 1.82) is 0 Å². The van der Waals surface area contributed by atoms with Crippen molar-refractivity contribution in [2.45, 2.75) is 33.4 Å². The number of allylic oxidation sites excluding steroid dienone is 1. The van der Waals surface area contributed by atoms with E-state index in [9.17, 15) is 9.59 Å². The number of ether oxygens (including phenoxy) is 2. The molecule has 9 heteroatoms. The van der Waals surface area contributed by atoms with Gasteiger partial charge in [-0.05, 0) is 83.7 Å². The number of fused-ring (bicyclic) bond motifs is 1. The smallest absolute Gasteiger partial charge is 0.338 e. The minimum absolute atomic E-state index is 0.213. The summed E-state index contributed by atoms with van der Waals surface area (Å²) in [6.45, 7) is 6.22. The molecule has 0 bridgehead atoms. The zero-order valence-electron chi connectivity index (χ0n) is 22.1. The summed E-state index contributed by atoms with van der Waals surface area (Å²) in [4.78, 5) is 32.0. The number of thiazole rings is 1. The van der Waals surface area contributed by atoms with Gasteiger partial charge in [-0.2, -0.15) is 0 Å². The maximum atomic E-state index is 13.8. The number of esters is 1. The van der Waals surface area contributed by atoms with E-state index in [-0.39, 0.29) is 12.2 Å². The molecule has 0 spiro atoms. The number of halogens is 2. The molecule has 1 aromatic heterocycles. The molecular weight excluding hydrogens is 656 g/mol. The molecule has 0 fully saturated rings. The molecule has 0 saturated heterocycles. The van der Waals surface area contributed by atoms with Crippen LogP contribution >= 0.6 is 43.2 Å². The third-order valence-corrected chi connectivity index (χ3v) is 8.60. The Kier molecular flexibility index (Phi) is 8.54. The van der Waals surface area contributed by atoms with Gasteiger partial charge in [0.1, 0.15) is 12.4 Å². The summed E-state index contributed by atoms with van der Waals surface area (Å²) < 4.78 is 15.3. The standard InChI is InChI=1S/C31H26Br2N2O4S/c1-4-38-30(37)27-19(3)34-31-35(28(27)22-10-5-18(2)6-11-22)29(36)26(40-31)16-21-9-14-25(24(33)15-21)39-17-20-7-12-23(32)13-8-20/h5-16,28H,4,17H2,1-3H3/b26-16+/t28-/m0/s1. The molecule has 1 aliphatic rings. The molecule has 1 aliphatic heterocycles. The van der Waals surface area contributed by atoms with Gasteiger partial charge in [0.05, 0.1) is 32.9 Å². The summed E-state index contributed by atoms with van der Waals surface area (Å²) in [6.07, 6.45) is 1.84. The minimum Gasteiger partial charge on any atom is -0.488 e. The fraction of sp³-hybridized carbons (Fsp3) is 0.194. The molecule has 5 rings (SSSR count). The van der Waals surface area contributed by atoms with Gasteiger partial charge < -0.3 is 9.47 Å². The first-order valence-electron chi connectivity index (χ1n) is 12.7. The Labute approximate surface area is 252 Å². The van der Waals surface area contributed by atoms with Gasteiger partial charge in [-0.25, -0.2) is 9.79 Å². The zero-order valence-corrected chi connectivity index (χ0v) is 26.1. The molecule has 6 nitrogen and oxygen atoms in total. The van der Waals surface area contributed by atoms with Crippen molar-refractivity contribution in [3.05, 3.63) is 129 Å². The maximum Gasteiger partial charge on any atom is 0.338 e. The lowest BCUT2D eigenvalue weighted by Gasteiger charge is -2.24. The summed E-state index contributed by atoms with van der Waals surface area (Å²) in [5, 5.41) is 0. The molecular formula is C31H26Br2N2O4S. The van der Waals surface area contributed by atoms with Crippen molar-refractivity contribution in [3.63, 3.8) is 0 Å².